The fourth-order valence-corrected chi connectivity index (χ4v) is 1.89. The first-order valence-corrected chi connectivity index (χ1v) is 5.86. The van der Waals surface area contributed by atoms with Gasteiger partial charge in [-0.05, 0) is 24.1 Å². The molecule has 0 amide bonds. The molecule has 0 aliphatic carbocycles. The Kier molecular flexibility index (Phi) is 3.74. The van der Waals surface area contributed by atoms with Gasteiger partial charge in [0.15, 0.2) is 0 Å². The number of hydrogen-bond donors (Lipinski definition) is 1. The van der Waals surface area contributed by atoms with Gasteiger partial charge >= 0.3 is 0 Å². The first-order valence-electron chi connectivity index (χ1n) is 5.86. The fraction of sp³-hybridized carbons (Fsp3) is 0.583. The molecule has 16 heavy (non-hydrogen) atoms. The molecular weight excluding hydrogens is 202 g/mol. The summed E-state index contributed by atoms with van der Waals surface area (Å²) in [7, 11) is 0. The van der Waals surface area contributed by atoms with Crippen LogP contribution in [0.15, 0.2) is 12.1 Å². The van der Waals surface area contributed by atoms with E-state index in [1.54, 1.807) is 0 Å². The molecule has 1 aromatic heterocycles. The molecular formula is C12H19N3O. The molecule has 0 unspecified atom stereocenters. The Morgan fingerprint density at radius 2 is 2.12 bits per heavy atom. The summed E-state index contributed by atoms with van der Waals surface area (Å²) >= 11 is 0. The van der Waals surface area contributed by atoms with Crippen molar-refractivity contribution in [1.29, 1.82) is 0 Å². The van der Waals surface area contributed by atoms with Crippen LogP contribution < -0.4 is 10.6 Å². The number of rotatable bonds is 3. The summed E-state index contributed by atoms with van der Waals surface area (Å²) in [6, 6.07) is 4.18. The van der Waals surface area contributed by atoms with Crippen molar-refractivity contribution in [3.05, 3.63) is 23.4 Å². The van der Waals surface area contributed by atoms with Gasteiger partial charge in [-0.2, -0.15) is 0 Å². The van der Waals surface area contributed by atoms with Crippen LogP contribution in [0.1, 0.15) is 18.2 Å². The van der Waals surface area contributed by atoms with Crippen molar-refractivity contribution in [3.63, 3.8) is 0 Å². The van der Waals surface area contributed by atoms with Gasteiger partial charge in [0.1, 0.15) is 5.82 Å². The number of anilines is 1. The summed E-state index contributed by atoms with van der Waals surface area (Å²) in [5, 5.41) is 0. The number of nitrogens with two attached hydrogens (primary N) is 1. The zero-order valence-corrected chi connectivity index (χ0v) is 9.78. The molecule has 0 spiro atoms. The standard InChI is InChI=1S/C12H19N3O/c1-2-11-7-10(9-13)8-12(14-11)15-3-5-16-6-4-15/h7-8H,2-6,9,13H2,1H3. The second-order valence-corrected chi connectivity index (χ2v) is 3.98. The van der Waals surface area contributed by atoms with Gasteiger partial charge < -0.3 is 15.4 Å². The first kappa shape index (κ1) is 11.4. The van der Waals surface area contributed by atoms with Crippen LogP contribution in [0.3, 0.4) is 0 Å². The van der Waals surface area contributed by atoms with Crippen molar-refractivity contribution in [2.75, 3.05) is 31.2 Å². The summed E-state index contributed by atoms with van der Waals surface area (Å²) in [5.74, 6) is 1.04. The van der Waals surface area contributed by atoms with Gasteiger partial charge in [-0.15, -0.1) is 0 Å². The van der Waals surface area contributed by atoms with E-state index in [0.717, 1.165) is 49.8 Å². The molecule has 0 saturated carbocycles. The van der Waals surface area contributed by atoms with E-state index >= 15 is 0 Å². The Labute approximate surface area is 96.4 Å². The molecule has 2 N–H and O–H groups in total. The van der Waals surface area contributed by atoms with E-state index in [-0.39, 0.29) is 0 Å². The van der Waals surface area contributed by atoms with Gasteiger partial charge in [0, 0.05) is 25.3 Å². The lowest BCUT2D eigenvalue weighted by Gasteiger charge is -2.28. The van der Waals surface area contributed by atoms with E-state index < -0.39 is 0 Å². The van der Waals surface area contributed by atoms with E-state index in [9.17, 15) is 0 Å². The highest BCUT2D eigenvalue weighted by atomic mass is 16.5. The van der Waals surface area contributed by atoms with Crippen molar-refractivity contribution < 1.29 is 4.74 Å². The zero-order chi connectivity index (χ0) is 11.4. The van der Waals surface area contributed by atoms with E-state index in [2.05, 4.69) is 28.9 Å². The molecule has 0 atom stereocenters. The average molecular weight is 221 g/mol. The van der Waals surface area contributed by atoms with Crippen LogP contribution >= 0.6 is 0 Å². The van der Waals surface area contributed by atoms with Crippen molar-refractivity contribution in [2.45, 2.75) is 19.9 Å². The lowest BCUT2D eigenvalue weighted by molar-refractivity contribution is 0.122. The minimum atomic E-state index is 0.576. The first-order chi connectivity index (χ1) is 7.83. The van der Waals surface area contributed by atoms with Crippen molar-refractivity contribution in [2.24, 2.45) is 5.73 Å². The third-order valence-corrected chi connectivity index (χ3v) is 2.86. The number of ether oxygens (including phenoxy) is 1. The van der Waals surface area contributed by atoms with Crippen molar-refractivity contribution >= 4 is 5.82 Å². The normalized spacial score (nSPS) is 16.5. The number of nitrogens with zero attached hydrogens (tertiary/aromatic N) is 2. The Morgan fingerprint density at radius 3 is 2.75 bits per heavy atom. The average Bonchev–Trinajstić information content (AvgIpc) is 2.39. The van der Waals surface area contributed by atoms with Crippen LogP contribution in [0.5, 0.6) is 0 Å². The van der Waals surface area contributed by atoms with Crippen molar-refractivity contribution in [3.8, 4) is 0 Å². The number of hydrogen-bond acceptors (Lipinski definition) is 4. The maximum Gasteiger partial charge on any atom is 0.129 e. The third kappa shape index (κ3) is 2.51. The molecule has 1 aromatic rings. The molecule has 0 bridgehead atoms. The number of aryl methyl sites for hydroxylation is 1. The molecule has 1 saturated heterocycles. The van der Waals surface area contributed by atoms with Gasteiger partial charge in [0.2, 0.25) is 0 Å². The van der Waals surface area contributed by atoms with Crippen molar-refractivity contribution in [1.82, 2.24) is 4.98 Å². The summed E-state index contributed by atoms with van der Waals surface area (Å²) in [5.41, 5.74) is 7.98. The number of pyridine rings is 1. The van der Waals surface area contributed by atoms with Gasteiger partial charge in [0.25, 0.3) is 0 Å². The second-order valence-electron chi connectivity index (χ2n) is 3.98. The van der Waals surface area contributed by atoms with Crippen LogP contribution in [0.4, 0.5) is 5.82 Å². The lowest BCUT2D eigenvalue weighted by atomic mass is 10.2. The Hall–Kier alpha value is -1.13. The molecule has 4 heteroatoms. The monoisotopic (exact) mass is 221 g/mol. The van der Waals surface area contributed by atoms with E-state index in [1.807, 2.05) is 0 Å². The predicted octanol–water partition coefficient (Wildman–Crippen LogP) is 0.939. The quantitative estimate of drug-likeness (QED) is 0.825. The molecule has 1 aliphatic rings. The van der Waals surface area contributed by atoms with E-state index in [0.29, 0.717) is 6.54 Å². The largest absolute Gasteiger partial charge is 0.378 e. The molecule has 2 heterocycles. The number of morpholine rings is 1. The highest BCUT2D eigenvalue weighted by Crippen LogP contribution is 2.16. The Bertz CT molecular complexity index is 326. The topological polar surface area (TPSA) is 51.4 Å². The SMILES string of the molecule is CCc1cc(CN)cc(N2CCOCC2)n1. The molecule has 0 aromatic carbocycles. The van der Waals surface area contributed by atoms with Gasteiger partial charge in [-0.1, -0.05) is 6.92 Å². The molecule has 4 nitrogen and oxygen atoms in total. The summed E-state index contributed by atoms with van der Waals surface area (Å²) in [6.07, 6.45) is 0.950. The number of aromatic nitrogens is 1. The summed E-state index contributed by atoms with van der Waals surface area (Å²) in [6.45, 7) is 6.11. The molecule has 0 radical (unpaired) electrons. The third-order valence-electron chi connectivity index (χ3n) is 2.86. The molecule has 1 aliphatic heterocycles. The maximum atomic E-state index is 5.70. The fourth-order valence-electron chi connectivity index (χ4n) is 1.89. The highest BCUT2D eigenvalue weighted by molar-refractivity contribution is 5.43. The molecule has 1 fully saturated rings. The van der Waals surface area contributed by atoms with Crippen LogP contribution in [-0.2, 0) is 17.7 Å². The highest BCUT2D eigenvalue weighted by Gasteiger charge is 2.13. The maximum absolute atomic E-state index is 5.70. The van der Waals surface area contributed by atoms with Crippen LogP contribution in [0, 0.1) is 0 Å². The zero-order valence-electron chi connectivity index (χ0n) is 9.78. The van der Waals surface area contributed by atoms with Crippen LogP contribution in [0.25, 0.3) is 0 Å². The second kappa shape index (κ2) is 5.27. The van der Waals surface area contributed by atoms with Gasteiger partial charge in [0.05, 0.1) is 13.2 Å². The smallest absolute Gasteiger partial charge is 0.129 e. The van der Waals surface area contributed by atoms with Gasteiger partial charge in [-0.3, -0.25) is 0 Å². The minimum absolute atomic E-state index is 0.576. The van der Waals surface area contributed by atoms with Gasteiger partial charge in [-0.25, -0.2) is 4.98 Å². The summed E-state index contributed by atoms with van der Waals surface area (Å²) < 4.78 is 5.34. The molecule has 88 valence electrons. The van der Waals surface area contributed by atoms with E-state index in [1.165, 1.54) is 0 Å². The van der Waals surface area contributed by atoms with Crippen LogP contribution in [-0.4, -0.2) is 31.3 Å². The Balaban J connectivity index is 2.24. The van der Waals surface area contributed by atoms with Crippen LogP contribution in [0.2, 0.25) is 0 Å². The summed E-state index contributed by atoms with van der Waals surface area (Å²) in [4.78, 5) is 6.90. The Morgan fingerprint density at radius 1 is 1.38 bits per heavy atom. The minimum Gasteiger partial charge on any atom is -0.378 e. The molecule has 2 rings (SSSR count). The lowest BCUT2D eigenvalue weighted by Crippen LogP contribution is -2.37. The predicted molar refractivity (Wildman–Crippen MR) is 64.5 cm³/mol. The van der Waals surface area contributed by atoms with E-state index in [4.69, 9.17) is 10.5 Å².